The Kier molecular flexibility index (Phi) is 10.2. The zero-order valence-electron chi connectivity index (χ0n) is 21.1. The molecule has 0 saturated heterocycles. The van der Waals surface area contributed by atoms with E-state index in [1.807, 2.05) is 52.0 Å². The smallest absolute Gasteiger partial charge is 0.408 e. The summed E-state index contributed by atoms with van der Waals surface area (Å²) in [7, 11) is 1.60. The monoisotopic (exact) mass is 447 g/mol. The molecule has 32 heavy (non-hydrogen) atoms. The molecular formula is C25H41N3O4. The van der Waals surface area contributed by atoms with Gasteiger partial charge in [-0.1, -0.05) is 51.5 Å². The Morgan fingerprint density at radius 1 is 1.00 bits per heavy atom. The standard InChI is InChI=1S/C25H41N3O4/c1-10-17(5)20(27-24(31)32-25(6,7)8)23(30)28(9)21(22(29)26-16(3)4)19-14-12-18(11-2)13-15-19/h12-17,20-21H,10-11H2,1-9H3,(H,26,29)(H,27,31). The third kappa shape index (κ3) is 8.17. The maximum absolute atomic E-state index is 13.5. The number of ether oxygens (including phenoxy) is 1. The van der Waals surface area contributed by atoms with Gasteiger partial charge in [-0.15, -0.1) is 0 Å². The van der Waals surface area contributed by atoms with Crippen LogP contribution < -0.4 is 10.6 Å². The van der Waals surface area contributed by atoms with Crippen molar-refractivity contribution < 1.29 is 19.1 Å². The fraction of sp³-hybridized carbons (Fsp3) is 0.640. The Morgan fingerprint density at radius 3 is 2.00 bits per heavy atom. The highest BCUT2D eigenvalue weighted by Gasteiger charge is 2.36. The first-order chi connectivity index (χ1) is 14.8. The van der Waals surface area contributed by atoms with Gasteiger partial charge in [0.1, 0.15) is 17.7 Å². The number of nitrogens with one attached hydrogen (secondary N) is 2. The lowest BCUT2D eigenvalue weighted by Crippen LogP contribution is -2.54. The Morgan fingerprint density at radius 2 is 1.56 bits per heavy atom. The maximum atomic E-state index is 13.5. The van der Waals surface area contributed by atoms with Crippen LogP contribution in [-0.2, 0) is 20.7 Å². The summed E-state index contributed by atoms with van der Waals surface area (Å²) in [5.74, 6) is -0.748. The molecule has 0 aliphatic heterocycles. The molecule has 1 rings (SSSR count). The predicted molar refractivity (Wildman–Crippen MR) is 127 cm³/mol. The Balaban J connectivity index is 3.26. The van der Waals surface area contributed by atoms with E-state index in [1.165, 1.54) is 4.90 Å². The summed E-state index contributed by atoms with van der Waals surface area (Å²) in [6.07, 6.45) is 0.905. The highest BCUT2D eigenvalue weighted by molar-refractivity contribution is 5.92. The van der Waals surface area contributed by atoms with Crippen LogP contribution in [0, 0.1) is 5.92 Å². The van der Waals surface area contributed by atoms with Crippen LogP contribution in [0.1, 0.15) is 79.0 Å². The van der Waals surface area contributed by atoms with Crippen molar-refractivity contribution in [3.63, 3.8) is 0 Å². The second-order valence-corrected chi connectivity index (χ2v) is 9.62. The van der Waals surface area contributed by atoms with Crippen molar-refractivity contribution in [2.75, 3.05) is 7.05 Å². The van der Waals surface area contributed by atoms with Gasteiger partial charge in [-0.25, -0.2) is 4.79 Å². The molecule has 1 aromatic carbocycles. The van der Waals surface area contributed by atoms with Crippen LogP contribution in [0.2, 0.25) is 0 Å². The molecule has 3 atom stereocenters. The molecule has 0 spiro atoms. The van der Waals surface area contributed by atoms with Crippen LogP contribution >= 0.6 is 0 Å². The van der Waals surface area contributed by atoms with E-state index in [9.17, 15) is 14.4 Å². The lowest BCUT2D eigenvalue weighted by atomic mass is 9.96. The molecule has 2 N–H and O–H groups in total. The molecule has 0 aromatic heterocycles. The molecule has 0 radical (unpaired) electrons. The summed E-state index contributed by atoms with van der Waals surface area (Å²) in [6, 6.07) is 5.99. The van der Waals surface area contributed by atoms with Gasteiger partial charge in [-0.05, 0) is 58.1 Å². The normalized spacial score (nSPS) is 14.3. The molecule has 0 aliphatic carbocycles. The van der Waals surface area contributed by atoms with E-state index in [-0.39, 0.29) is 23.8 Å². The van der Waals surface area contributed by atoms with Crippen molar-refractivity contribution in [3.8, 4) is 0 Å². The molecule has 1 aromatic rings. The third-order valence-electron chi connectivity index (χ3n) is 5.27. The lowest BCUT2D eigenvalue weighted by Gasteiger charge is -2.34. The molecule has 0 heterocycles. The van der Waals surface area contributed by atoms with Gasteiger partial charge in [-0.3, -0.25) is 9.59 Å². The second kappa shape index (κ2) is 11.9. The second-order valence-electron chi connectivity index (χ2n) is 9.62. The van der Waals surface area contributed by atoms with Crippen LogP contribution in [0.5, 0.6) is 0 Å². The first-order valence-corrected chi connectivity index (χ1v) is 11.5. The topological polar surface area (TPSA) is 87.7 Å². The average molecular weight is 448 g/mol. The summed E-state index contributed by atoms with van der Waals surface area (Å²) >= 11 is 0. The molecule has 180 valence electrons. The Labute approximate surface area is 193 Å². The first kappa shape index (κ1) is 27.5. The number of carbonyl (C=O) groups is 3. The van der Waals surface area contributed by atoms with Gasteiger partial charge in [0.2, 0.25) is 11.8 Å². The van der Waals surface area contributed by atoms with Crippen molar-refractivity contribution in [3.05, 3.63) is 35.4 Å². The summed E-state index contributed by atoms with van der Waals surface area (Å²) in [6.45, 7) is 15.0. The van der Waals surface area contributed by atoms with Crippen molar-refractivity contribution in [2.45, 2.75) is 92.0 Å². The van der Waals surface area contributed by atoms with E-state index < -0.39 is 23.8 Å². The van der Waals surface area contributed by atoms with Gasteiger partial charge < -0.3 is 20.3 Å². The van der Waals surface area contributed by atoms with E-state index in [1.54, 1.807) is 27.8 Å². The zero-order valence-corrected chi connectivity index (χ0v) is 21.1. The van der Waals surface area contributed by atoms with Crippen LogP contribution in [0.25, 0.3) is 0 Å². The van der Waals surface area contributed by atoms with Crippen LogP contribution in [-0.4, -0.2) is 47.5 Å². The minimum Gasteiger partial charge on any atom is -0.444 e. The van der Waals surface area contributed by atoms with Crippen molar-refractivity contribution in [2.24, 2.45) is 5.92 Å². The maximum Gasteiger partial charge on any atom is 0.408 e. The number of nitrogens with zero attached hydrogens (tertiary/aromatic N) is 1. The highest BCUT2D eigenvalue weighted by atomic mass is 16.6. The van der Waals surface area contributed by atoms with Gasteiger partial charge in [0.15, 0.2) is 0 Å². The zero-order chi connectivity index (χ0) is 24.6. The van der Waals surface area contributed by atoms with Gasteiger partial charge >= 0.3 is 6.09 Å². The van der Waals surface area contributed by atoms with Crippen molar-refractivity contribution >= 4 is 17.9 Å². The number of amides is 3. The fourth-order valence-electron chi connectivity index (χ4n) is 3.31. The van der Waals surface area contributed by atoms with Crippen molar-refractivity contribution in [1.82, 2.24) is 15.5 Å². The summed E-state index contributed by atoms with van der Waals surface area (Å²) in [5.41, 5.74) is 1.19. The number of rotatable bonds is 9. The molecule has 3 amide bonds. The van der Waals surface area contributed by atoms with Crippen LogP contribution in [0.15, 0.2) is 24.3 Å². The highest BCUT2D eigenvalue weighted by Crippen LogP contribution is 2.24. The van der Waals surface area contributed by atoms with Gasteiger partial charge in [0, 0.05) is 13.1 Å². The Hall–Kier alpha value is -2.57. The van der Waals surface area contributed by atoms with E-state index in [0.717, 1.165) is 17.5 Å². The summed E-state index contributed by atoms with van der Waals surface area (Å²) < 4.78 is 5.36. The molecule has 0 fully saturated rings. The lowest BCUT2D eigenvalue weighted by molar-refractivity contribution is -0.142. The molecule has 0 aliphatic rings. The molecule has 0 saturated carbocycles. The molecular weight excluding hydrogens is 406 g/mol. The number of likely N-dealkylation sites (N-methyl/N-ethyl adjacent to an activating group) is 1. The largest absolute Gasteiger partial charge is 0.444 e. The summed E-state index contributed by atoms with van der Waals surface area (Å²) in [5, 5.41) is 5.64. The average Bonchev–Trinajstić information content (AvgIpc) is 2.69. The number of alkyl carbamates (subject to hydrolysis) is 1. The first-order valence-electron chi connectivity index (χ1n) is 11.5. The fourth-order valence-corrected chi connectivity index (χ4v) is 3.31. The number of aryl methyl sites for hydroxylation is 1. The predicted octanol–water partition coefficient (Wildman–Crippen LogP) is 4.21. The number of hydrogen-bond donors (Lipinski definition) is 2. The minimum atomic E-state index is -0.817. The molecule has 3 unspecified atom stereocenters. The SMILES string of the molecule is CCc1ccc(C(C(=O)NC(C)C)N(C)C(=O)C(NC(=O)OC(C)(C)C)C(C)CC)cc1. The number of hydrogen-bond acceptors (Lipinski definition) is 4. The number of benzene rings is 1. The number of carbonyl (C=O) groups excluding carboxylic acids is 3. The van der Waals surface area contributed by atoms with Crippen molar-refractivity contribution in [1.29, 1.82) is 0 Å². The minimum absolute atomic E-state index is 0.0753. The quantitative estimate of drug-likeness (QED) is 0.593. The summed E-state index contributed by atoms with van der Waals surface area (Å²) in [4.78, 5) is 40.5. The van der Waals surface area contributed by atoms with Crippen LogP contribution in [0.4, 0.5) is 4.79 Å². The molecule has 7 nitrogen and oxygen atoms in total. The molecule has 7 heteroatoms. The van der Waals surface area contributed by atoms with Gasteiger partial charge in [-0.2, -0.15) is 0 Å². The van der Waals surface area contributed by atoms with Gasteiger partial charge in [0.05, 0.1) is 0 Å². The van der Waals surface area contributed by atoms with E-state index >= 15 is 0 Å². The van der Waals surface area contributed by atoms with E-state index in [2.05, 4.69) is 17.6 Å². The van der Waals surface area contributed by atoms with Crippen LogP contribution in [0.3, 0.4) is 0 Å². The van der Waals surface area contributed by atoms with E-state index in [0.29, 0.717) is 6.42 Å². The molecule has 0 bridgehead atoms. The third-order valence-corrected chi connectivity index (χ3v) is 5.27. The van der Waals surface area contributed by atoms with Gasteiger partial charge in [0.25, 0.3) is 0 Å². The Bertz CT molecular complexity index is 768. The van der Waals surface area contributed by atoms with E-state index in [4.69, 9.17) is 4.74 Å².